The normalized spacial score (nSPS) is 11.7. The van der Waals surface area contributed by atoms with E-state index in [1.807, 2.05) is 60.0 Å². The van der Waals surface area contributed by atoms with Crippen LogP contribution in [0.25, 0.3) is 5.69 Å². The highest BCUT2D eigenvalue weighted by atomic mass is 32.1. The Balaban J connectivity index is 1.43. The van der Waals surface area contributed by atoms with E-state index in [0.29, 0.717) is 5.75 Å². The largest absolute Gasteiger partial charge is 0.484 e. The Hall–Kier alpha value is -3.52. The molecule has 4 rings (SSSR count). The topological polar surface area (TPSA) is 81.9 Å². The summed E-state index contributed by atoms with van der Waals surface area (Å²) >= 11 is 1.61. The fourth-order valence-electron chi connectivity index (χ4n) is 2.77. The van der Waals surface area contributed by atoms with E-state index in [9.17, 15) is 4.79 Å². The van der Waals surface area contributed by atoms with Crippen LogP contribution in [0.2, 0.25) is 0 Å². The van der Waals surface area contributed by atoms with Crippen LogP contribution >= 0.6 is 11.3 Å². The number of ether oxygens (including phenoxy) is 1. The summed E-state index contributed by atoms with van der Waals surface area (Å²) in [6.45, 7) is -0.0895. The van der Waals surface area contributed by atoms with Crippen molar-refractivity contribution in [3.63, 3.8) is 0 Å². The van der Waals surface area contributed by atoms with Crippen molar-refractivity contribution >= 4 is 17.2 Å². The molecule has 140 valence electrons. The van der Waals surface area contributed by atoms with Gasteiger partial charge in [0.1, 0.15) is 12.1 Å². The number of thiophene rings is 1. The van der Waals surface area contributed by atoms with E-state index in [0.717, 1.165) is 16.1 Å². The molecule has 0 unspecified atom stereocenters. The molecule has 0 aliphatic rings. The summed E-state index contributed by atoms with van der Waals surface area (Å²) in [5.41, 5.74) is 1.78. The molecule has 1 amide bonds. The summed E-state index contributed by atoms with van der Waals surface area (Å²) in [5.74, 6) is 0.366. The van der Waals surface area contributed by atoms with Crippen molar-refractivity contribution in [3.8, 4) is 11.4 Å². The van der Waals surface area contributed by atoms with Gasteiger partial charge >= 0.3 is 0 Å². The number of carbonyl (C=O) groups excluding carboxylic acids is 1. The molecule has 1 atom stereocenters. The number of hydrogen-bond donors (Lipinski definition) is 1. The molecular formula is C20H17N5O2S. The van der Waals surface area contributed by atoms with Gasteiger partial charge in [-0.3, -0.25) is 4.79 Å². The molecule has 0 aliphatic carbocycles. The third-order valence-electron chi connectivity index (χ3n) is 4.07. The molecule has 0 aliphatic heterocycles. The molecule has 0 spiro atoms. The van der Waals surface area contributed by atoms with Crippen LogP contribution in [0.5, 0.6) is 5.75 Å². The van der Waals surface area contributed by atoms with Gasteiger partial charge in [0.25, 0.3) is 5.91 Å². The first kappa shape index (κ1) is 17.9. The van der Waals surface area contributed by atoms with E-state index in [1.165, 1.54) is 11.0 Å². The lowest BCUT2D eigenvalue weighted by molar-refractivity contribution is -0.123. The van der Waals surface area contributed by atoms with Crippen LogP contribution in [-0.2, 0) is 4.79 Å². The molecule has 0 bridgehead atoms. The molecule has 28 heavy (non-hydrogen) atoms. The van der Waals surface area contributed by atoms with Gasteiger partial charge in [-0.1, -0.05) is 42.5 Å². The first-order valence-corrected chi connectivity index (χ1v) is 9.51. The van der Waals surface area contributed by atoms with E-state index < -0.39 is 0 Å². The fraction of sp³-hybridized carbons (Fsp3) is 0.100. The number of rotatable bonds is 7. The minimum absolute atomic E-state index is 0.0895. The van der Waals surface area contributed by atoms with Crippen molar-refractivity contribution in [1.82, 2.24) is 25.5 Å². The monoisotopic (exact) mass is 391 g/mol. The number of tetrazole rings is 1. The average Bonchev–Trinajstić information content (AvgIpc) is 3.46. The summed E-state index contributed by atoms with van der Waals surface area (Å²) in [6, 6.07) is 20.9. The van der Waals surface area contributed by atoms with Gasteiger partial charge in [0.15, 0.2) is 6.61 Å². The second-order valence-corrected chi connectivity index (χ2v) is 6.95. The minimum Gasteiger partial charge on any atom is -0.484 e. The lowest BCUT2D eigenvalue weighted by Gasteiger charge is -2.18. The Bertz CT molecular complexity index is 1020. The van der Waals surface area contributed by atoms with Gasteiger partial charge in [-0.25, -0.2) is 4.68 Å². The molecule has 8 heteroatoms. The third-order valence-corrected chi connectivity index (χ3v) is 5.00. The molecule has 2 heterocycles. The molecule has 0 radical (unpaired) electrons. The van der Waals surface area contributed by atoms with E-state index >= 15 is 0 Å². The average molecular weight is 391 g/mol. The molecule has 2 aromatic heterocycles. The van der Waals surface area contributed by atoms with Crippen LogP contribution in [0.4, 0.5) is 0 Å². The smallest absolute Gasteiger partial charge is 0.258 e. The molecule has 4 aromatic rings. The molecule has 7 nitrogen and oxygen atoms in total. The van der Waals surface area contributed by atoms with Crippen LogP contribution in [-0.4, -0.2) is 32.7 Å². The van der Waals surface area contributed by atoms with E-state index in [4.69, 9.17) is 4.74 Å². The highest BCUT2D eigenvalue weighted by Crippen LogP contribution is 2.26. The Labute approximate surface area is 165 Å². The standard InChI is InChI=1S/C20H17N5O2S/c26-19(13-27-17-9-4-8-16(12-17)25-14-21-23-24-25)22-20(18-10-5-11-28-18)15-6-2-1-3-7-15/h1-12,14,20H,13H2,(H,22,26)/t20-/m1/s1. The van der Waals surface area contributed by atoms with Crippen LogP contribution in [0.15, 0.2) is 78.4 Å². The zero-order valence-electron chi connectivity index (χ0n) is 14.8. The quantitative estimate of drug-likeness (QED) is 0.524. The molecule has 0 saturated heterocycles. The Morgan fingerprint density at radius 1 is 1.11 bits per heavy atom. The van der Waals surface area contributed by atoms with Crippen LogP contribution in [0, 0.1) is 0 Å². The van der Waals surface area contributed by atoms with Crippen molar-refractivity contribution < 1.29 is 9.53 Å². The second kappa shape index (κ2) is 8.45. The zero-order valence-corrected chi connectivity index (χ0v) is 15.6. The first-order chi connectivity index (χ1) is 13.8. The predicted octanol–water partition coefficient (Wildman–Crippen LogP) is 3.01. The number of nitrogens with one attached hydrogen (secondary N) is 1. The minimum atomic E-state index is -0.204. The van der Waals surface area contributed by atoms with Gasteiger partial charge < -0.3 is 10.1 Å². The number of hydrogen-bond acceptors (Lipinski definition) is 6. The van der Waals surface area contributed by atoms with Crippen molar-refractivity contribution in [2.75, 3.05) is 6.61 Å². The molecule has 0 fully saturated rings. The Morgan fingerprint density at radius 3 is 2.75 bits per heavy atom. The molecule has 2 aromatic carbocycles. The zero-order chi connectivity index (χ0) is 19.2. The van der Waals surface area contributed by atoms with Crippen LogP contribution < -0.4 is 10.1 Å². The lowest BCUT2D eigenvalue weighted by Crippen LogP contribution is -2.32. The van der Waals surface area contributed by atoms with Crippen molar-refractivity contribution in [2.24, 2.45) is 0 Å². The molecule has 0 saturated carbocycles. The van der Waals surface area contributed by atoms with Gasteiger partial charge in [-0.2, -0.15) is 0 Å². The number of amides is 1. The highest BCUT2D eigenvalue weighted by Gasteiger charge is 2.18. The fourth-order valence-corrected chi connectivity index (χ4v) is 3.57. The van der Waals surface area contributed by atoms with Gasteiger partial charge in [-0.15, -0.1) is 16.4 Å². The summed E-state index contributed by atoms with van der Waals surface area (Å²) in [6.07, 6.45) is 1.50. The summed E-state index contributed by atoms with van der Waals surface area (Å²) in [7, 11) is 0. The maximum absolute atomic E-state index is 12.5. The van der Waals surface area contributed by atoms with Gasteiger partial charge in [0, 0.05) is 10.9 Å². The van der Waals surface area contributed by atoms with Gasteiger partial charge in [0.05, 0.1) is 11.7 Å². The van der Waals surface area contributed by atoms with Crippen LogP contribution in [0.3, 0.4) is 0 Å². The Morgan fingerprint density at radius 2 is 2.00 bits per heavy atom. The number of benzene rings is 2. The van der Waals surface area contributed by atoms with Crippen molar-refractivity contribution in [3.05, 3.63) is 88.9 Å². The molecule has 1 N–H and O–H groups in total. The summed E-state index contributed by atoms with van der Waals surface area (Å²) < 4.78 is 7.19. The lowest BCUT2D eigenvalue weighted by atomic mass is 10.1. The maximum atomic E-state index is 12.5. The second-order valence-electron chi connectivity index (χ2n) is 5.97. The number of aromatic nitrogens is 4. The Kier molecular flexibility index (Phi) is 5.39. The SMILES string of the molecule is O=C(COc1cccc(-n2cnnn2)c1)N[C@H](c1ccccc1)c1cccs1. The first-order valence-electron chi connectivity index (χ1n) is 8.63. The maximum Gasteiger partial charge on any atom is 0.258 e. The molecular weight excluding hydrogens is 374 g/mol. The van der Waals surface area contributed by atoms with Gasteiger partial charge in [-0.05, 0) is 39.6 Å². The van der Waals surface area contributed by atoms with Gasteiger partial charge in [0.2, 0.25) is 0 Å². The van der Waals surface area contributed by atoms with E-state index in [-0.39, 0.29) is 18.6 Å². The highest BCUT2D eigenvalue weighted by molar-refractivity contribution is 7.10. The predicted molar refractivity (Wildman–Crippen MR) is 105 cm³/mol. The van der Waals surface area contributed by atoms with E-state index in [2.05, 4.69) is 20.8 Å². The van der Waals surface area contributed by atoms with Crippen LogP contribution in [0.1, 0.15) is 16.5 Å². The summed E-state index contributed by atoms with van der Waals surface area (Å²) in [5, 5.41) is 16.1. The van der Waals surface area contributed by atoms with E-state index in [1.54, 1.807) is 23.5 Å². The summed E-state index contributed by atoms with van der Waals surface area (Å²) in [4.78, 5) is 13.6. The number of nitrogens with zero attached hydrogens (tertiary/aromatic N) is 4. The third kappa shape index (κ3) is 4.24. The van der Waals surface area contributed by atoms with Crippen molar-refractivity contribution in [2.45, 2.75) is 6.04 Å². The van der Waals surface area contributed by atoms with Crippen molar-refractivity contribution in [1.29, 1.82) is 0 Å². The number of carbonyl (C=O) groups is 1.